The number of alkyl halides is 3. The first-order valence-corrected chi connectivity index (χ1v) is 8.65. The molecule has 1 aromatic rings. The van der Waals surface area contributed by atoms with E-state index in [4.69, 9.17) is 0 Å². The van der Waals surface area contributed by atoms with Gasteiger partial charge in [0.25, 0.3) is 0 Å². The molecule has 0 amide bonds. The second-order valence-electron chi connectivity index (χ2n) is 5.91. The normalized spacial score (nSPS) is 21.8. The van der Waals surface area contributed by atoms with Gasteiger partial charge < -0.3 is 10.1 Å². The van der Waals surface area contributed by atoms with E-state index in [2.05, 4.69) is 14.8 Å². The lowest BCUT2D eigenvalue weighted by Crippen LogP contribution is -2.45. The monoisotopic (exact) mass is 388 g/mol. The van der Waals surface area contributed by atoms with E-state index in [9.17, 15) is 21.6 Å². The molecule has 24 heavy (non-hydrogen) atoms. The number of halogens is 4. The van der Waals surface area contributed by atoms with Gasteiger partial charge in [-0.05, 0) is 36.9 Å². The molecule has 1 heterocycles. The van der Waals surface area contributed by atoms with Gasteiger partial charge in [0, 0.05) is 13.1 Å². The smallest absolute Gasteiger partial charge is 0.404 e. The number of nitrogens with one attached hydrogen (secondary N) is 2. The van der Waals surface area contributed by atoms with Gasteiger partial charge in [-0.2, -0.15) is 0 Å². The second-order valence-corrected chi connectivity index (χ2v) is 7.65. The summed E-state index contributed by atoms with van der Waals surface area (Å²) in [7, 11) is -4.10. The van der Waals surface area contributed by atoms with Crippen LogP contribution in [-0.4, -0.2) is 34.4 Å². The average molecular weight is 389 g/mol. The predicted octanol–water partition coefficient (Wildman–Crippen LogP) is 2.68. The number of hydrogen-bond acceptors (Lipinski definition) is 4. The summed E-state index contributed by atoms with van der Waals surface area (Å²) in [5.74, 6) is -0.737. The first kappa shape index (κ1) is 21.0. The highest BCUT2D eigenvalue weighted by molar-refractivity contribution is 7.89. The van der Waals surface area contributed by atoms with Gasteiger partial charge in [-0.3, -0.25) is 0 Å². The van der Waals surface area contributed by atoms with Crippen LogP contribution in [0.2, 0.25) is 0 Å². The summed E-state index contributed by atoms with van der Waals surface area (Å²) < 4.78 is 68.1. The van der Waals surface area contributed by atoms with Gasteiger partial charge in [-0.1, -0.05) is 19.1 Å². The molecule has 1 aliphatic heterocycles. The zero-order chi connectivity index (χ0) is 17.1. The van der Waals surface area contributed by atoms with Crippen molar-refractivity contribution >= 4 is 22.4 Å². The minimum Gasteiger partial charge on any atom is -0.404 e. The van der Waals surface area contributed by atoms with Crippen molar-refractivity contribution in [3.8, 4) is 5.75 Å². The van der Waals surface area contributed by atoms with Crippen molar-refractivity contribution < 1.29 is 26.3 Å². The fraction of sp³-hybridized carbons (Fsp3) is 0.571. The maximum Gasteiger partial charge on any atom is 0.573 e. The molecule has 2 rings (SSSR count). The fourth-order valence-electron chi connectivity index (χ4n) is 2.50. The number of benzene rings is 1. The first-order chi connectivity index (χ1) is 10.6. The molecule has 5 nitrogen and oxygen atoms in total. The summed E-state index contributed by atoms with van der Waals surface area (Å²) >= 11 is 0. The van der Waals surface area contributed by atoms with E-state index < -0.39 is 27.0 Å². The Labute approximate surface area is 145 Å². The van der Waals surface area contributed by atoms with Crippen LogP contribution in [0.1, 0.15) is 19.8 Å². The zero-order valence-corrected chi connectivity index (χ0v) is 14.7. The third kappa shape index (κ3) is 5.80. The topological polar surface area (TPSA) is 67.4 Å². The van der Waals surface area contributed by atoms with Crippen molar-refractivity contribution in [3.05, 3.63) is 24.3 Å². The minimum absolute atomic E-state index is 0. The lowest BCUT2D eigenvalue weighted by molar-refractivity contribution is -0.275. The minimum atomic E-state index is -4.95. The second kappa shape index (κ2) is 7.90. The Morgan fingerprint density at radius 2 is 2.00 bits per heavy atom. The van der Waals surface area contributed by atoms with Gasteiger partial charge in [0.05, 0.1) is 0 Å². The Bertz CT molecular complexity index is 647. The number of sulfonamides is 1. The maximum atomic E-state index is 12.4. The quantitative estimate of drug-likeness (QED) is 0.813. The molecule has 2 N–H and O–H groups in total. The van der Waals surface area contributed by atoms with Gasteiger partial charge in [-0.25, -0.2) is 13.1 Å². The predicted molar refractivity (Wildman–Crippen MR) is 85.8 cm³/mol. The zero-order valence-electron chi connectivity index (χ0n) is 13.0. The summed E-state index contributed by atoms with van der Waals surface area (Å²) in [6, 6.07) is 4.70. The van der Waals surface area contributed by atoms with Crippen LogP contribution in [0.15, 0.2) is 29.2 Å². The maximum absolute atomic E-state index is 12.4. The lowest BCUT2D eigenvalue weighted by atomic mass is 9.83. The van der Waals surface area contributed by atoms with E-state index in [0.717, 1.165) is 31.5 Å². The van der Waals surface area contributed by atoms with Crippen LogP contribution >= 0.6 is 12.4 Å². The highest BCUT2D eigenvalue weighted by Gasteiger charge is 2.35. The van der Waals surface area contributed by atoms with Crippen LogP contribution in [0.25, 0.3) is 0 Å². The van der Waals surface area contributed by atoms with Crippen molar-refractivity contribution in [1.82, 2.24) is 10.0 Å². The van der Waals surface area contributed by atoms with Crippen molar-refractivity contribution in [2.45, 2.75) is 31.0 Å². The third-order valence-corrected chi connectivity index (χ3v) is 5.18. The van der Waals surface area contributed by atoms with E-state index in [-0.39, 0.29) is 24.4 Å². The van der Waals surface area contributed by atoms with Gasteiger partial charge in [-0.15, -0.1) is 25.6 Å². The Hall–Kier alpha value is -1.03. The molecule has 0 spiro atoms. The summed E-state index contributed by atoms with van der Waals surface area (Å²) in [6.45, 7) is 3.60. The molecular weight excluding hydrogens is 369 g/mol. The lowest BCUT2D eigenvalue weighted by Gasteiger charge is -2.34. The molecule has 138 valence electrons. The molecule has 0 bridgehead atoms. The Morgan fingerprint density at radius 1 is 1.33 bits per heavy atom. The molecule has 1 fully saturated rings. The Kier molecular flexibility index (Phi) is 6.92. The number of para-hydroxylation sites is 1. The van der Waals surface area contributed by atoms with Crippen LogP contribution in [0.3, 0.4) is 0 Å². The highest BCUT2D eigenvalue weighted by Crippen LogP contribution is 2.30. The van der Waals surface area contributed by atoms with Crippen LogP contribution in [0.5, 0.6) is 5.75 Å². The van der Waals surface area contributed by atoms with Crippen LogP contribution in [-0.2, 0) is 10.0 Å². The van der Waals surface area contributed by atoms with Gasteiger partial charge in [0.15, 0.2) is 0 Å². The average Bonchev–Trinajstić information content (AvgIpc) is 2.45. The molecule has 0 saturated carbocycles. The molecule has 1 atom stereocenters. The Balaban J connectivity index is 0.00000288. The van der Waals surface area contributed by atoms with Crippen molar-refractivity contribution in [2.24, 2.45) is 5.41 Å². The standard InChI is InChI=1S/C14H19F3N2O3S.ClH/c1-13(7-4-8-18-9-13)10-19-23(20,21)12-6-3-2-5-11(12)22-14(15,16)17;/h2-3,5-6,18-19H,4,7-10H2,1H3;1H. The van der Waals surface area contributed by atoms with Gasteiger partial charge in [0.1, 0.15) is 10.6 Å². The van der Waals surface area contributed by atoms with Crippen molar-refractivity contribution in [1.29, 1.82) is 0 Å². The molecule has 0 aliphatic carbocycles. The van der Waals surface area contributed by atoms with E-state index >= 15 is 0 Å². The summed E-state index contributed by atoms with van der Waals surface area (Å²) in [5.41, 5.74) is -0.273. The summed E-state index contributed by atoms with van der Waals surface area (Å²) in [6.07, 6.45) is -3.19. The summed E-state index contributed by atoms with van der Waals surface area (Å²) in [5, 5.41) is 3.19. The third-order valence-electron chi connectivity index (χ3n) is 3.74. The van der Waals surface area contributed by atoms with E-state index in [1.807, 2.05) is 6.92 Å². The van der Waals surface area contributed by atoms with Gasteiger partial charge >= 0.3 is 6.36 Å². The van der Waals surface area contributed by atoms with Crippen molar-refractivity contribution in [3.63, 3.8) is 0 Å². The first-order valence-electron chi connectivity index (χ1n) is 7.17. The van der Waals surface area contributed by atoms with Crippen LogP contribution in [0.4, 0.5) is 13.2 Å². The molecule has 0 aromatic heterocycles. The molecule has 1 saturated heterocycles. The number of ether oxygens (including phenoxy) is 1. The van der Waals surface area contributed by atoms with Crippen molar-refractivity contribution in [2.75, 3.05) is 19.6 Å². The Morgan fingerprint density at radius 3 is 2.58 bits per heavy atom. The molecule has 1 aromatic carbocycles. The van der Waals surface area contributed by atoms with E-state index in [1.165, 1.54) is 12.1 Å². The van der Waals surface area contributed by atoms with E-state index in [0.29, 0.717) is 6.54 Å². The molecule has 1 aliphatic rings. The molecule has 1 unspecified atom stereocenters. The van der Waals surface area contributed by atoms with Crippen LogP contribution in [0, 0.1) is 5.41 Å². The number of rotatable bonds is 5. The molecular formula is C14H20ClF3N2O3S. The van der Waals surface area contributed by atoms with E-state index in [1.54, 1.807) is 0 Å². The molecule has 0 radical (unpaired) electrons. The molecule has 10 heteroatoms. The number of hydrogen-bond donors (Lipinski definition) is 2. The highest BCUT2D eigenvalue weighted by atomic mass is 35.5. The van der Waals surface area contributed by atoms with Gasteiger partial charge in [0.2, 0.25) is 10.0 Å². The largest absolute Gasteiger partial charge is 0.573 e. The van der Waals surface area contributed by atoms with Crippen LogP contribution < -0.4 is 14.8 Å². The fourth-order valence-corrected chi connectivity index (χ4v) is 3.82. The summed E-state index contributed by atoms with van der Waals surface area (Å²) in [4.78, 5) is -0.523. The SMILES string of the molecule is CC1(CNS(=O)(=O)c2ccccc2OC(F)(F)F)CCCNC1.Cl. The number of piperidine rings is 1.